The van der Waals surface area contributed by atoms with Crippen LogP contribution in [0.25, 0.3) is 0 Å². The number of anilines is 1. The summed E-state index contributed by atoms with van der Waals surface area (Å²) in [6, 6.07) is 6.84. The lowest BCUT2D eigenvalue weighted by Gasteiger charge is -2.31. The van der Waals surface area contributed by atoms with E-state index in [9.17, 15) is 0 Å². The molecule has 0 spiro atoms. The van der Waals surface area contributed by atoms with Gasteiger partial charge in [0.2, 0.25) is 0 Å². The summed E-state index contributed by atoms with van der Waals surface area (Å²) in [5, 5.41) is 3.61. The van der Waals surface area contributed by atoms with Crippen LogP contribution in [0.3, 0.4) is 0 Å². The zero-order valence-electron chi connectivity index (χ0n) is 11.5. The van der Waals surface area contributed by atoms with Crippen LogP contribution in [0.2, 0.25) is 0 Å². The smallest absolute Gasteiger partial charge is 0.0372 e. The summed E-state index contributed by atoms with van der Waals surface area (Å²) in [7, 11) is 0. The van der Waals surface area contributed by atoms with E-state index >= 15 is 0 Å². The van der Waals surface area contributed by atoms with Crippen molar-refractivity contribution in [2.24, 2.45) is 0 Å². The monoisotopic (exact) mass is 232 g/mol. The Kier molecular flexibility index (Phi) is 3.43. The Balaban J connectivity index is 2.25. The third-order valence-corrected chi connectivity index (χ3v) is 3.37. The summed E-state index contributed by atoms with van der Waals surface area (Å²) in [6.45, 7) is 12.3. The molecule has 1 aliphatic rings. The summed E-state index contributed by atoms with van der Waals surface area (Å²) in [5.74, 6) is 0. The van der Waals surface area contributed by atoms with Crippen LogP contribution in [-0.4, -0.2) is 25.2 Å². The van der Waals surface area contributed by atoms with E-state index in [1.54, 1.807) is 0 Å². The molecule has 0 radical (unpaired) electrons. The van der Waals surface area contributed by atoms with Gasteiger partial charge in [-0.05, 0) is 63.9 Å². The van der Waals surface area contributed by atoms with Gasteiger partial charge in [0, 0.05) is 24.3 Å². The standard InChI is InChI=1S/C15H24N2/c1-12-8-13(2)10-14(9-12)17-7-5-6-16-15(3,4)11-17/h8-10,16H,5-7,11H2,1-4H3. The Hall–Kier alpha value is -1.02. The topological polar surface area (TPSA) is 15.3 Å². The third-order valence-electron chi connectivity index (χ3n) is 3.37. The molecular formula is C15H24N2. The second-order valence-corrected chi connectivity index (χ2v) is 5.93. The highest BCUT2D eigenvalue weighted by Crippen LogP contribution is 2.22. The fourth-order valence-electron chi connectivity index (χ4n) is 2.66. The minimum absolute atomic E-state index is 0.203. The van der Waals surface area contributed by atoms with Crippen molar-refractivity contribution in [2.45, 2.75) is 39.7 Å². The second-order valence-electron chi connectivity index (χ2n) is 5.93. The molecule has 0 atom stereocenters. The Morgan fingerprint density at radius 1 is 1.12 bits per heavy atom. The van der Waals surface area contributed by atoms with Crippen molar-refractivity contribution < 1.29 is 0 Å². The van der Waals surface area contributed by atoms with Crippen molar-refractivity contribution in [2.75, 3.05) is 24.5 Å². The first-order chi connectivity index (χ1) is 7.96. The van der Waals surface area contributed by atoms with Gasteiger partial charge in [-0.25, -0.2) is 0 Å². The van der Waals surface area contributed by atoms with Crippen LogP contribution in [0.4, 0.5) is 5.69 Å². The summed E-state index contributed by atoms with van der Waals surface area (Å²) in [6.07, 6.45) is 1.22. The van der Waals surface area contributed by atoms with Gasteiger partial charge in [0.05, 0.1) is 0 Å². The average Bonchev–Trinajstić information content (AvgIpc) is 2.37. The van der Waals surface area contributed by atoms with E-state index in [1.807, 2.05) is 0 Å². The average molecular weight is 232 g/mol. The number of nitrogens with zero attached hydrogens (tertiary/aromatic N) is 1. The van der Waals surface area contributed by atoms with Crippen LogP contribution in [0.15, 0.2) is 18.2 Å². The summed E-state index contributed by atoms with van der Waals surface area (Å²) < 4.78 is 0. The molecule has 1 fully saturated rings. The fourth-order valence-corrected chi connectivity index (χ4v) is 2.66. The molecule has 1 N–H and O–H groups in total. The van der Waals surface area contributed by atoms with Gasteiger partial charge >= 0.3 is 0 Å². The lowest BCUT2D eigenvalue weighted by atomic mass is 10.0. The molecule has 0 aliphatic carbocycles. The van der Waals surface area contributed by atoms with Gasteiger partial charge in [-0.1, -0.05) is 6.07 Å². The van der Waals surface area contributed by atoms with Gasteiger partial charge in [0.25, 0.3) is 0 Å². The Morgan fingerprint density at radius 3 is 2.41 bits per heavy atom. The number of rotatable bonds is 1. The first-order valence-corrected chi connectivity index (χ1v) is 6.55. The van der Waals surface area contributed by atoms with Gasteiger partial charge in [-0.2, -0.15) is 0 Å². The molecule has 2 heteroatoms. The van der Waals surface area contributed by atoms with Crippen molar-refractivity contribution in [3.05, 3.63) is 29.3 Å². The van der Waals surface area contributed by atoms with Gasteiger partial charge in [0.15, 0.2) is 0 Å². The van der Waals surface area contributed by atoms with E-state index in [4.69, 9.17) is 0 Å². The number of benzene rings is 1. The molecule has 1 heterocycles. The fraction of sp³-hybridized carbons (Fsp3) is 0.600. The highest BCUT2D eigenvalue weighted by Gasteiger charge is 2.24. The molecule has 1 saturated heterocycles. The zero-order chi connectivity index (χ0) is 12.5. The van der Waals surface area contributed by atoms with E-state index in [-0.39, 0.29) is 5.54 Å². The maximum atomic E-state index is 3.61. The van der Waals surface area contributed by atoms with Crippen LogP contribution >= 0.6 is 0 Å². The van der Waals surface area contributed by atoms with Crippen LogP contribution in [-0.2, 0) is 0 Å². The maximum absolute atomic E-state index is 3.61. The number of nitrogens with one attached hydrogen (secondary N) is 1. The molecule has 0 saturated carbocycles. The van der Waals surface area contributed by atoms with Gasteiger partial charge in [0.1, 0.15) is 0 Å². The Morgan fingerprint density at radius 2 is 1.76 bits per heavy atom. The largest absolute Gasteiger partial charge is 0.370 e. The summed E-state index contributed by atoms with van der Waals surface area (Å²) >= 11 is 0. The van der Waals surface area contributed by atoms with E-state index in [0.29, 0.717) is 0 Å². The van der Waals surface area contributed by atoms with E-state index in [0.717, 1.165) is 19.6 Å². The quantitative estimate of drug-likeness (QED) is 0.801. The molecule has 17 heavy (non-hydrogen) atoms. The predicted octanol–water partition coefficient (Wildman–Crippen LogP) is 2.88. The second kappa shape index (κ2) is 4.69. The Bertz CT molecular complexity index is 376. The van der Waals surface area contributed by atoms with Crippen molar-refractivity contribution in [3.8, 4) is 0 Å². The first kappa shape index (κ1) is 12.4. The molecule has 1 aromatic carbocycles. The van der Waals surface area contributed by atoms with E-state index in [2.05, 4.69) is 56.1 Å². The normalized spacial score (nSPS) is 20.1. The number of aryl methyl sites for hydroxylation is 2. The highest BCUT2D eigenvalue weighted by atomic mass is 15.2. The van der Waals surface area contributed by atoms with Gasteiger partial charge in [-0.3, -0.25) is 0 Å². The molecule has 2 nitrogen and oxygen atoms in total. The lowest BCUT2D eigenvalue weighted by Crippen LogP contribution is -2.46. The van der Waals surface area contributed by atoms with Crippen molar-refractivity contribution in [3.63, 3.8) is 0 Å². The third kappa shape index (κ3) is 3.22. The van der Waals surface area contributed by atoms with Gasteiger partial charge in [-0.15, -0.1) is 0 Å². The van der Waals surface area contributed by atoms with Crippen LogP contribution in [0.1, 0.15) is 31.4 Å². The summed E-state index contributed by atoms with van der Waals surface area (Å²) in [5.41, 5.74) is 4.29. The maximum Gasteiger partial charge on any atom is 0.0372 e. The van der Waals surface area contributed by atoms with Gasteiger partial charge < -0.3 is 10.2 Å². The number of hydrogen-bond acceptors (Lipinski definition) is 2. The van der Waals surface area contributed by atoms with Crippen LogP contribution in [0, 0.1) is 13.8 Å². The molecule has 94 valence electrons. The Labute approximate surface area is 105 Å². The van der Waals surface area contributed by atoms with Crippen LogP contribution in [0.5, 0.6) is 0 Å². The summed E-state index contributed by atoms with van der Waals surface area (Å²) in [4.78, 5) is 2.51. The molecule has 0 amide bonds. The zero-order valence-corrected chi connectivity index (χ0v) is 11.5. The van der Waals surface area contributed by atoms with Crippen molar-refractivity contribution in [1.82, 2.24) is 5.32 Å². The van der Waals surface area contributed by atoms with E-state index < -0.39 is 0 Å². The van der Waals surface area contributed by atoms with Crippen molar-refractivity contribution >= 4 is 5.69 Å². The molecule has 2 rings (SSSR count). The highest BCUT2D eigenvalue weighted by molar-refractivity contribution is 5.51. The van der Waals surface area contributed by atoms with E-state index in [1.165, 1.54) is 23.2 Å². The predicted molar refractivity (Wildman–Crippen MR) is 74.8 cm³/mol. The van der Waals surface area contributed by atoms with Crippen molar-refractivity contribution in [1.29, 1.82) is 0 Å². The molecule has 1 aromatic rings. The SMILES string of the molecule is Cc1cc(C)cc(N2CCCNC(C)(C)C2)c1. The molecule has 0 unspecified atom stereocenters. The minimum Gasteiger partial charge on any atom is -0.370 e. The molecule has 0 aromatic heterocycles. The number of hydrogen-bond donors (Lipinski definition) is 1. The lowest BCUT2D eigenvalue weighted by molar-refractivity contribution is 0.416. The van der Waals surface area contributed by atoms with Crippen LogP contribution < -0.4 is 10.2 Å². The molecule has 0 bridgehead atoms. The minimum atomic E-state index is 0.203. The molecular weight excluding hydrogens is 208 g/mol. The first-order valence-electron chi connectivity index (χ1n) is 6.55. The molecule has 1 aliphatic heterocycles.